The minimum atomic E-state index is 0.268. The van der Waals surface area contributed by atoms with E-state index in [9.17, 15) is 4.79 Å². The van der Waals surface area contributed by atoms with Crippen molar-refractivity contribution in [3.63, 3.8) is 0 Å². The highest BCUT2D eigenvalue weighted by Gasteiger charge is 2.18. The minimum absolute atomic E-state index is 0.268. The molecule has 2 nitrogen and oxygen atoms in total. The van der Waals surface area contributed by atoms with Crippen LogP contribution in [0.2, 0.25) is 0 Å². The molecule has 0 atom stereocenters. The largest absolute Gasteiger partial charge is 0.296 e. The quantitative estimate of drug-likeness (QED) is 0.774. The Morgan fingerprint density at radius 3 is 2.82 bits per heavy atom. The molecule has 3 rings (SSSR count). The van der Waals surface area contributed by atoms with Crippen molar-refractivity contribution in [1.29, 1.82) is 0 Å². The number of Topliss-reactive ketones (excluding diaryl/α,β-unsaturated/α-hetero) is 1. The van der Waals surface area contributed by atoms with Crippen LogP contribution in [-0.4, -0.2) is 30.3 Å². The number of hydrogen-bond donors (Lipinski definition) is 0. The summed E-state index contributed by atoms with van der Waals surface area (Å²) in [5.74, 6) is 0.268. The van der Waals surface area contributed by atoms with Gasteiger partial charge in [0.25, 0.3) is 0 Å². The first kappa shape index (κ1) is 10.9. The molecule has 0 spiro atoms. The molecule has 1 aliphatic rings. The van der Waals surface area contributed by atoms with Gasteiger partial charge in [-0.05, 0) is 32.0 Å². The molecular formula is C14H15NOS. The average Bonchev–Trinajstić information content (AvgIpc) is 2.96. The first-order chi connectivity index (χ1) is 8.34. The van der Waals surface area contributed by atoms with Crippen LogP contribution in [0.15, 0.2) is 29.6 Å². The van der Waals surface area contributed by atoms with Gasteiger partial charge in [-0.2, -0.15) is 0 Å². The number of hydrogen-bond acceptors (Lipinski definition) is 3. The molecule has 2 heterocycles. The monoisotopic (exact) mass is 245 g/mol. The van der Waals surface area contributed by atoms with Crippen molar-refractivity contribution in [2.24, 2.45) is 0 Å². The summed E-state index contributed by atoms with van der Waals surface area (Å²) < 4.78 is 1.21. The summed E-state index contributed by atoms with van der Waals surface area (Å²) in [5, 5.41) is 3.12. The van der Waals surface area contributed by atoms with Crippen LogP contribution in [0.5, 0.6) is 0 Å². The van der Waals surface area contributed by atoms with Crippen molar-refractivity contribution in [3.05, 3.63) is 35.2 Å². The molecule has 88 valence electrons. The van der Waals surface area contributed by atoms with Gasteiger partial charge in [0.2, 0.25) is 0 Å². The summed E-state index contributed by atoms with van der Waals surface area (Å²) in [6.45, 7) is 2.74. The van der Waals surface area contributed by atoms with Crippen LogP contribution in [0.25, 0.3) is 10.1 Å². The Kier molecular flexibility index (Phi) is 2.95. The molecule has 1 saturated heterocycles. The van der Waals surface area contributed by atoms with Crippen LogP contribution >= 0.6 is 11.3 Å². The lowest BCUT2D eigenvalue weighted by Gasteiger charge is -2.12. The number of carbonyl (C=O) groups is 1. The number of fused-ring (bicyclic) bond motifs is 1. The third kappa shape index (κ3) is 2.13. The van der Waals surface area contributed by atoms with E-state index in [0.717, 1.165) is 24.0 Å². The Balaban J connectivity index is 1.85. The number of rotatable bonds is 3. The van der Waals surface area contributed by atoms with E-state index in [2.05, 4.69) is 11.0 Å². The lowest BCUT2D eigenvalue weighted by molar-refractivity contribution is 0.0947. The maximum absolute atomic E-state index is 12.2. The second kappa shape index (κ2) is 4.59. The molecular weight excluding hydrogens is 230 g/mol. The Bertz CT molecular complexity index is 540. The zero-order valence-electron chi connectivity index (χ0n) is 9.69. The molecule has 1 aliphatic heterocycles. The first-order valence-electron chi connectivity index (χ1n) is 6.06. The Morgan fingerprint density at radius 1 is 1.24 bits per heavy atom. The fourth-order valence-corrected chi connectivity index (χ4v) is 3.39. The van der Waals surface area contributed by atoms with E-state index in [1.54, 1.807) is 11.3 Å². The molecule has 1 fully saturated rings. The highest BCUT2D eigenvalue weighted by atomic mass is 32.1. The standard InChI is InChI=1S/C14H15NOS/c16-13(9-15-7-3-4-8-15)12-10-17-14-6-2-1-5-11(12)14/h1-2,5-6,10H,3-4,7-9H2. The van der Waals surface area contributed by atoms with Gasteiger partial charge in [0, 0.05) is 21.0 Å². The van der Waals surface area contributed by atoms with Gasteiger partial charge in [0.05, 0.1) is 6.54 Å². The van der Waals surface area contributed by atoms with Crippen molar-refractivity contribution in [2.75, 3.05) is 19.6 Å². The third-order valence-electron chi connectivity index (χ3n) is 3.35. The average molecular weight is 245 g/mol. The topological polar surface area (TPSA) is 20.3 Å². The summed E-state index contributed by atoms with van der Waals surface area (Å²) in [5.41, 5.74) is 0.900. The summed E-state index contributed by atoms with van der Waals surface area (Å²) in [4.78, 5) is 14.5. The number of thiophene rings is 1. The fourth-order valence-electron chi connectivity index (χ4n) is 2.42. The van der Waals surface area contributed by atoms with Crippen LogP contribution in [-0.2, 0) is 0 Å². The van der Waals surface area contributed by atoms with E-state index in [4.69, 9.17) is 0 Å². The highest BCUT2D eigenvalue weighted by molar-refractivity contribution is 7.17. The molecule has 0 unspecified atom stereocenters. The number of nitrogens with zero attached hydrogens (tertiary/aromatic N) is 1. The second-order valence-corrected chi connectivity index (χ2v) is 5.46. The van der Waals surface area contributed by atoms with Gasteiger partial charge in [0.15, 0.2) is 5.78 Å². The zero-order valence-corrected chi connectivity index (χ0v) is 10.5. The highest BCUT2D eigenvalue weighted by Crippen LogP contribution is 2.26. The molecule has 1 aromatic heterocycles. The summed E-state index contributed by atoms with van der Waals surface area (Å²) in [7, 11) is 0. The number of likely N-dealkylation sites (tertiary alicyclic amines) is 1. The molecule has 1 aromatic carbocycles. The molecule has 17 heavy (non-hydrogen) atoms. The predicted octanol–water partition coefficient (Wildman–Crippen LogP) is 3.18. The van der Waals surface area contributed by atoms with Crippen molar-refractivity contribution in [2.45, 2.75) is 12.8 Å². The van der Waals surface area contributed by atoms with Crippen molar-refractivity contribution >= 4 is 27.2 Å². The van der Waals surface area contributed by atoms with Gasteiger partial charge in [-0.1, -0.05) is 18.2 Å². The molecule has 0 amide bonds. The van der Waals surface area contributed by atoms with Gasteiger partial charge in [-0.25, -0.2) is 0 Å². The van der Waals surface area contributed by atoms with Crippen LogP contribution in [0, 0.1) is 0 Å². The second-order valence-electron chi connectivity index (χ2n) is 4.55. The van der Waals surface area contributed by atoms with E-state index in [1.807, 2.05) is 23.6 Å². The molecule has 3 heteroatoms. The van der Waals surface area contributed by atoms with Gasteiger partial charge in [-0.15, -0.1) is 11.3 Å². The minimum Gasteiger partial charge on any atom is -0.296 e. The van der Waals surface area contributed by atoms with Crippen LogP contribution in [0.4, 0.5) is 0 Å². The maximum atomic E-state index is 12.2. The van der Waals surface area contributed by atoms with E-state index >= 15 is 0 Å². The normalized spacial score (nSPS) is 16.7. The van der Waals surface area contributed by atoms with Crippen molar-refractivity contribution in [3.8, 4) is 0 Å². The smallest absolute Gasteiger partial charge is 0.178 e. The SMILES string of the molecule is O=C(CN1CCCC1)c1csc2ccccc12. The predicted molar refractivity (Wildman–Crippen MR) is 71.8 cm³/mol. The van der Waals surface area contributed by atoms with Crippen LogP contribution in [0.3, 0.4) is 0 Å². The van der Waals surface area contributed by atoms with Gasteiger partial charge >= 0.3 is 0 Å². The fraction of sp³-hybridized carbons (Fsp3) is 0.357. The number of ketones is 1. The Labute approximate surface area is 105 Å². The molecule has 0 N–H and O–H groups in total. The third-order valence-corrected chi connectivity index (χ3v) is 4.31. The summed E-state index contributed by atoms with van der Waals surface area (Å²) in [6, 6.07) is 8.14. The lowest BCUT2D eigenvalue weighted by atomic mass is 10.1. The van der Waals surface area contributed by atoms with E-state index in [1.165, 1.54) is 17.5 Å². The number of benzene rings is 1. The van der Waals surface area contributed by atoms with E-state index in [-0.39, 0.29) is 5.78 Å². The van der Waals surface area contributed by atoms with E-state index in [0.29, 0.717) is 6.54 Å². The van der Waals surface area contributed by atoms with Crippen LogP contribution < -0.4 is 0 Å². The Hall–Kier alpha value is -1.19. The molecule has 0 bridgehead atoms. The summed E-state index contributed by atoms with van der Waals surface area (Å²) >= 11 is 1.66. The number of carbonyl (C=O) groups excluding carboxylic acids is 1. The van der Waals surface area contributed by atoms with Crippen molar-refractivity contribution < 1.29 is 4.79 Å². The summed E-state index contributed by atoms with van der Waals surface area (Å²) in [6.07, 6.45) is 2.47. The van der Waals surface area contributed by atoms with Crippen molar-refractivity contribution in [1.82, 2.24) is 4.90 Å². The van der Waals surface area contributed by atoms with Gasteiger partial charge in [-0.3, -0.25) is 9.69 Å². The lowest BCUT2D eigenvalue weighted by Crippen LogP contribution is -2.26. The zero-order chi connectivity index (χ0) is 11.7. The molecule has 0 radical (unpaired) electrons. The molecule has 0 saturated carbocycles. The van der Waals surface area contributed by atoms with Gasteiger partial charge < -0.3 is 0 Å². The molecule has 2 aromatic rings. The van der Waals surface area contributed by atoms with Crippen LogP contribution in [0.1, 0.15) is 23.2 Å². The molecule has 0 aliphatic carbocycles. The van der Waals surface area contributed by atoms with Gasteiger partial charge in [0.1, 0.15) is 0 Å². The maximum Gasteiger partial charge on any atom is 0.178 e. The van der Waals surface area contributed by atoms with E-state index < -0.39 is 0 Å². The first-order valence-corrected chi connectivity index (χ1v) is 6.94. The Morgan fingerprint density at radius 2 is 2.00 bits per heavy atom.